The Bertz CT molecular complexity index is 397. The van der Waals surface area contributed by atoms with E-state index in [4.69, 9.17) is 9.47 Å². The van der Waals surface area contributed by atoms with Crippen LogP contribution in [0.5, 0.6) is 0 Å². The quantitative estimate of drug-likeness (QED) is 0.273. The summed E-state index contributed by atoms with van der Waals surface area (Å²) in [7, 11) is 1.12. The van der Waals surface area contributed by atoms with Gasteiger partial charge < -0.3 is 9.47 Å². The van der Waals surface area contributed by atoms with E-state index in [1.807, 2.05) is 0 Å². The van der Waals surface area contributed by atoms with Gasteiger partial charge in [-0.05, 0) is 24.0 Å². The van der Waals surface area contributed by atoms with Crippen molar-refractivity contribution in [2.45, 2.75) is 52.8 Å². The van der Waals surface area contributed by atoms with Crippen LogP contribution in [-0.4, -0.2) is 40.0 Å². The molecule has 22 heavy (non-hydrogen) atoms. The Balaban J connectivity index is 5.40. The summed E-state index contributed by atoms with van der Waals surface area (Å²) in [5, 5.41) is 1.34. The zero-order chi connectivity index (χ0) is 17.3. The number of hydrogen-bond acceptors (Lipinski definition) is 5. The van der Waals surface area contributed by atoms with E-state index >= 15 is 0 Å². The Hall–Kier alpha value is -0.753. The van der Waals surface area contributed by atoms with E-state index in [2.05, 4.69) is 33.5 Å². The summed E-state index contributed by atoms with van der Waals surface area (Å²) in [5.41, 5.74) is 0. The Labute approximate surface area is 140 Å². The van der Waals surface area contributed by atoms with Gasteiger partial charge in [0.2, 0.25) is 0 Å². The molecule has 0 fully saturated rings. The second-order valence-corrected chi connectivity index (χ2v) is 12.7. The predicted molar refractivity (Wildman–Crippen MR) is 95.6 cm³/mol. The van der Waals surface area contributed by atoms with Crippen LogP contribution in [0.3, 0.4) is 0 Å². The number of allylic oxidation sites excluding steroid dienone is 2. The Morgan fingerprint density at radius 1 is 1.09 bits per heavy atom. The molecule has 0 amide bonds. The molecule has 0 unspecified atom stereocenters. The van der Waals surface area contributed by atoms with Gasteiger partial charge in [-0.2, -0.15) is 0 Å². The zero-order valence-electron chi connectivity index (χ0n) is 14.9. The van der Waals surface area contributed by atoms with Crippen LogP contribution in [0.15, 0.2) is 10.1 Å². The van der Waals surface area contributed by atoms with E-state index in [1.165, 1.54) is 19.4 Å². The van der Waals surface area contributed by atoms with Gasteiger partial charge in [0, 0.05) is 6.42 Å². The fraction of sp³-hybridized carbons (Fsp3) is 0.750. The molecular formula is C16H30O4SSi. The highest BCUT2D eigenvalue weighted by Crippen LogP contribution is 2.33. The lowest BCUT2D eigenvalue weighted by molar-refractivity contribution is -0.158. The number of methoxy groups -OCH3 is 2. The van der Waals surface area contributed by atoms with E-state index in [-0.39, 0.29) is 0 Å². The molecule has 6 heteroatoms. The molecule has 0 radical (unpaired) electrons. The van der Waals surface area contributed by atoms with E-state index < -0.39 is 25.9 Å². The molecule has 0 aliphatic rings. The number of carbonyl (C=O) groups is 2. The molecule has 0 N–H and O–H groups in total. The summed E-state index contributed by atoms with van der Waals surface area (Å²) in [6, 6.07) is 0. The SMILES string of the molecule is CCCCS/C(CC(C(=O)OC)C(=O)OC)=C(\C)[Si](C)(C)C. The van der Waals surface area contributed by atoms with Crippen molar-refractivity contribution in [3.63, 3.8) is 0 Å². The highest BCUT2D eigenvalue weighted by Gasteiger charge is 2.31. The number of rotatable bonds is 9. The van der Waals surface area contributed by atoms with Gasteiger partial charge in [-0.1, -0.05) is 38.2 Å². The van der Waals surface area contributed by atoms with E-state index in [1.54, 1.807) is 11.8 Å². The smallest absolute Gasteiger partial charge is 0.320 e. The molecule has 4 nitrogen and oxygen atoms in total. The summed E-state index contributed by atoms with van der Waals surface area (Å²) >= 11 is 1.76. The maximum atomic E-state index is 11.9. The largest absolute Gasteiger partial charge is 0.468 e. The molecule has 0 aromatic rings. The molecule has 0 aliphatic carbocycles. The summed E-state index contributed by atoms with van der Waals surface area (Å²) < 4.78 is 9.53. The van der Waals surface area contributed by atoms with Crippen LogP contribution in [0.1, 0.15) is 33.1 Å². The minimum Gasteiger partial charge on any atom is -0.468 e. The molecule has 0 bridgehead atoms. The van der Waals surface area contributed by atoms with Gasteiger partial charge in [-0.25, -0.2) is 0 Å². The van der Waals surface area contributed by atoms with Gasteiger partial charge in [-0.3, -0.25) is 9.59 Å². The molecule has 0 aliphatic heterocycles. The second-order valence-electron chi connectivity index (χ2n) is 6.30. The molecule has 0 rings (SSSR count). The third-order valence-corrected chi connectivity index (χ3v) is 7.73. The molecule has 0 atom stereocenters. The van der Waals surface area contributed by atoms with Crippen LogP contribution in [0, 0.1) is 5.92 Å². The summed E-state index contributed by atoms with van der Waals surface area (Å²) in [6.07, 6.45) is 2.63. The fourth-order valence-electron chi connectivity index (χ4n) is 1.81. The topological polar surface area (TPSA) is 52.6 Å². The Kier molecular flexibility index (Phi) is 9.76. The van der Waals surface area contributed by atoms with Crippen LogP contribution >= 0.6 is 11.8 Å². The van der Waals surface area contributed by atoms with E-state index in [9.17, 15) is 9.59 Å². The zero-order valence-corrected chi connectivity index (χ0v) is 16.8. The summed E-state index contributed by atoms with van der Waals surface area (Å²) in [5.74, 6) is -0.916. The van der Waals surface area contributed by atoms with Gasteiger partial charge >= 0.3 is 11.9 Å². The molecule has 0 saturated heterocycles. The monoisotopic (exact) mass is 346 g/mol. The van der Waals surface area contributed by atoms with Gasteiger partial charge in [0.1, 0.15) is 0 Å². The molecular weight excluding hydrogens is 316 g/mol. The molecule has 128 valence electrons. The highest BCUT2D eigenvalue weighted by atomic mass is 32.2. The predicted octanol–water partition coefficient (Wildman–Crippen LogP) is 4.02. The molecule has 0 aromatic carbocycles. The van der Waals surface area contributed by atoms with Crippen LogP contribution in [0.4, 0.5) is 0 Å². The third-order valence-electron chi connectivity index (χ3n) is 3.68. The van der Waals surface area contributed by atoms with Crippen LogP contribution in [0.2, 0.25) is 19.6 Å². The first-order chi connectivity index (χ1) is 10.2. The minimum absolute atomic E-state index is 0.379. The van der Waals surface area contributed by atoms with Crippen molar-refractivity contribution in [1.82, 2.24) is 0 Å². The lowest BCUT2D eigenvalue weighted by Gasteiger charge is -2.24. The van der Waals surface area contributed by atoms with Crippen molar-refractivity contribution in [3.05, 3.63) is 10.1 Å². The van der Waals surface area contributed by atoms with Crippen molar-refractivity contribution in [2.75, 3.05) is 20.0 Å². The Morgan fingerprint density at radius 2 is 1.59 bits per heavy atom. The molecule has 0 aromatic heterocycles. The first-order valence-corrected chi connectivity index (χ1v) is 12.2. The first-order valence-electron chi connectivity index (χ1n) is 7.67. The lowest BCUT2D eigenvalue weighted by Crippen LogP contribution is -2.29. The average molecular weight is 347 g/mol. The number of esters is 2. The fourth-order valence-corrected chi connectivity index (χ4v) is 5.07. The molecule has 0 saturated carbocycles. The van der Waals surface area contributed by atoms with E-state index in [0.717, 1.165) is 23.5 Å². The van der Waals surface area contributed by atoms with Gasteiger partial charge in [-0.15, -0.1) is 11.8 Å². The standard InChI is InChI=1S/C16H30O4SSi/c1-8-9-10-21-14(12(2)22(5,6)7)11-13(15(17)19-3)16(18)20-4/h13H,8-11H2,1-7H3/b14-12+. The first kappa shape index (κ1) is 21.2. The molecule has 0 heterocycles. The van der Waals surface area contributed by atoms with Gasteiger partial charge in [0.05, 0.1) is 22.3 Å². The minimum atomic E-state index is -1.49. The van der Waals surface area contributed by atoms with Crippen molar-refractivity contribution >= 4 is 31.8 Å². The summed E-state index contributed by atoms with van der Waals surface area (Å²) in [6.45, 7) is 11.1. The average Bonchev–Trinajstić information content (AvgIpc) is 2.47. The van der Waals surface area contributed by atoms with Crippen molar-refractivity contribution in [3.8, 4) is 0 Å². The Morgan fingerprint density at radius 3 is 1.95 bits per heavy atom. The summed E-state index contributed by atoms with van der Waals surface area (Å²) in [4.78, 5) is 25.0. The molecule has 0 spiro atoms. The van der Waals surface area contributed by atoms with Gasteiger partial charge in [0.15, 0.2) is 5.92 Å². The normalized spacial score (nSPS) is 12.9. The van der Waals surface area contributed by atoms with Gasteiger partial charge in [0.25, 0.3) is 0 Å². The second kappa shape index (κ2) is 10.1. The van der Waals surface area contributed by atoms with E-state index in [0.29, 0.717) is 6.42 Å². The van der Waals surface area contributed by atoms with Crippen molar-refractivity contribution in [2.24, 2.45) is 5.92 Å². The number of hydrogen-bond donors (Lipinski definition) is 0. The van der Waals surface area contributed by atoms with Crippen LogP contribution < -0.4 is 0 Å². The maximum Gasteiger partial charge on any atom is 0.320 e. The van der Waals surface area contributed by atoms with Crippen molar-refractivity contribution < 1.29 is 19.1 Å². The van der Waals surface area contributed by atoms with Crippen LogP contribution in [-0.2, 0) is 19.1 Å². The maximum absolute atomic E-state index is 11.9. The number of unbranched alkanes of at least 4 members (excludes halogenated alkanes) is 1. The number of thioether (sulfide) groups is 1. The lowest BCUT2D eigenvalue weighted by atomic mass is 10.1. The highest BCUT2D eigenvalue weighted by molar-refractivity contribution is 8.03. The number of ether oxygens (including phenoxy) is 2. The third kappa shape index (κ3) is 7.00. The van der Waals surface area contributed by atoms with Crippen LogP contribution in [0.25, 0.3) is 0 Å². The number of carbonyl (C=O) groups excluding carboxylic acids is 2. The van der Waals surface area contributed by atoms with Crippen molar-refractivity contribution in [1.29, 1.82) is 0 Å².